The third-order valence-corrected chi connectivity index (χ3v) is 8.26. The lowest BCUT2D eigenvalue weighted by Gasteiger charge is -2.39. The van der Waals surface area contributed by atoms with Gasteiger partial charge in [-0.3, -0.25) is 14.6 Å². The molecule has 1 N–H and O–H groups in total. The Morgan fingerprint density at radius 3 is 2.32 bits per heavy atom. The highest BCUT2D eigenvalue weighted by molar-refractivity contribution is 6.13. The number of ketones is 1. The largest absolute Gasteiger partial charge is 0.508 e. The van der Waals surface area contributed by atoms with E-state index in [9.17, 15) is 14.7 Å². The number of carbonyl (C=O) groups excluding carboxylic acids is 2. The first-order valence-electron chi connectivity index (χ1n) is 14.3. The van der Waals surface area contributed by atoms with Crippen LogP contribution in [0.4, 0.5) is 17.1 Å². The number of amides is 1. The van der Waals surface area contributed by atoms with Gasteiger partial charge in [-0.15, -0.1) is 0 Å². The topological polar surface area (TPSA) is 82.4 Å². The van der Waals surface area contributed by atoms with Crippen LogP contribution in [0.25, 0.3) is 0 Å². The maximum absolute atomic E-state index is 14.2. The van der Waals surface area contributed by atoms with Crippen molar-refractivity contribution < 1.29 is 19.4 Å². The predicted molar refractivity (Wildman–Crippen MR) is 164 cm³/mol. The average molecular weight is 554 g/mol. The number of hydrogen-bond donors (Lipinski definition) is 1. The van der Waals surface area contributed by atoms with Crippen molar-refractivity contribution in [2.24, 2.45) is 10.9 Å². The molecule has 2 aliphatic rings. The van der Waals surface area contributed by atoms with Gasteiger partial charge in [-0.25, -0.2) is 0 Å². The van der Waals surface area contributed by atoms with Crippen LogP contribution in [0.5, 0.6) is 11.5 Å². The molecule has 1 aliphatic carbocycles. The van der Waals surface area contributed by atoms with Gasteiger partial charge in [0.15, 0.2) is 0 Å². The lowest BCUT2D eigenvalue weighted by molar-refractivity contribution is -0.123. The molecular weight excluding hydrogens is 514 g/mol. The number of carbonyl (C=O) groups is 2. The molecule has 7 nitrogen and oxygen atoms in total. The van der Waals surface area contributed by atoms with E-state index in [1.807, 2.05) is 48.5 Å². The van der Waals surface area contributed by atoms with Crippen molar-refractivity contribution in [3.63, 3.8) is 0 Å². The van der Waals surface area contributed by atoms with Crippen LogP contribution in [0, 0.1) is 5.92 Å². The third kappa shape index (κ3) is 5.33. The lowest BCUT2D eigenvalue weighted by atomic mass is 9.72. The number of fused-ring (bicyclic) bond motifs is 2. The zero-order chi connectivity index (χ0) is 29.4. The Morgan fingerprint density at radius 1 is 1.00 bits per heavy atom. The number of para-hydroxylation sites is 2. The van der Waals surface area contributed by atoms with E-state index in [2.05, 4.69) is 38.7 Å². The highest BCUT2D eigenvalue weighted by atomic mass is 16.5. The predicted octanol–water partition coefficient (Wildman–Crippen LogP) is 6.97. The van der Waals surface area contributed by atoms with Gasteiger partial charge in [0.05, 0.1) is 30.4 Å². The highest BCUT2D eigenvalue weighted by Gasteiger charge is 2.46. The van der Waals surface area contributed by atoms with Crippen LogP contribution in [0.15, 0.2) is 71.7 Å². The zero-order valence-corrected chi connectivity index (χ0v) is 24.7. The van der Waals surface area contributed by atoms with Gasteiger partial charge in [-0.05, 0) is 75.9 Å². The van der Waals surface area contributed by atoms with E-state index in [1.165, 1.54) is 0 Å². The number of aromatic hydroxyl groups is 1. The van der Waals surface area contributed by atoms with Gasteiger partial charge in [-0.2, -0.15) is 0 Å². The minimum Gasteiger partial charge on any atom is -0.508 e. The fraction of sp³-hybridized carbons (Fsp3) is 0.382. The Morgan fingerprint density at radius 2 is 1.68 bits per heavy atom. The van der Waals surface area contributed by atoms with Crippen molar-refractivity contribution in [1.82, 2.24) is 0 Å². The van der Waals surface area contributed by atoms with E-state index in [0.29, 0.717) is 30.0 Å². The number of rotatable bonds is 6. The third-order valence-electron chi connectivity index (χ3n) is 8.26. The lowest BCUT2D eigenvalue weighted by Crippen LogP contribution is -2.45. The van der Waals surface area contributed by atoms with Crippen LogP contribution < -0.4 is 14.5 Å². The quantitative estimate of drug-likeness (QED) is 0.357. The van der Waals surface area contributed by atoms with Crippen LogP contribution >= 0.6 is 0 Å². The van der Waals surface area contributed by atoms with Crippen molar-refractivity contribution in [2.75, 3.05) is 16.9 Å². The number of phenolic OH excluding ortho intramolecular Hbond substituents is 1. The molecule has 0 saturated heterocycles. The molecule has 3 unspecified atom stereocenters. The van der Waals surface area contributed by atoms with Crippen LogP contribution in [0.3, 0.4) is 0 Å². The normalized spacial score (nSPS) is 20.3. The van der Waals surface area contributed by atoms with Crippen LogP contribution in [0.1, 0.15) is 70.5 Å². The Kier molecular flexibility index (Phi) is 7.89. The van der Waals surface area contributed by atoms with Gasteiger partial charge in [-0.1, -0.05) is 30.3 Å². The fourth-order valence-electron chi connectivity index (χ4n) is 6.66. The van der Waals surface area contributed by atoms with E-state index in [0.717, 1.165) is 22.5 Å². The summed E-state index contributed by atoms with van der Waals surface area (Å²) in [5.41, 5.74) is 4.90. The van der Waals surface area contributed by atoms with Gasteiger partial charge < -0.3 is 19.6 Å². The summed E-state index contributed by atoms with van der Waals surface area (Å²) < 4.78 is 5.98. The van der Waals surface area contributed by atoms with E-state index in [-0.39, 0.29) is 35.4 Å². The molecule has 0 radical (unpaired) electrons. The molecule has 1 aliphatic heterocycles. The molecule has 0 aromatic heterocycles. The van der Waals surface area contributed by atoms with Crippen molar-refractivity contribution in [2.45, 2.75) is 71.5 Å². The number of phenols is 1. The zero-order valence-electron chi connectivity index (χ0n) is 24.7. The molecule has 3 atom stereocenters. The Labute approximate surface area is 242 Å². The summed E-state index contributed by atoms with van der Waals surface area (Å²) >= 11 is 0. The number of methoxy groups -OCH3 is 1. The first-order chi connectivity index (χ1) is 19.6. The molecule has 3 aromatic rings. The second-order valence-corrected chi connectivity index (χ2v) is 11.6. The summed E-state index contributed by atoms with van der Waals surface area (Å²) in [4.78, 5) is 36.7. The summed E-state index contributed by atoms with van der Waals surface area (Å²) in [6.07, 6.45) is 0.897. The fourth-order valence-corrected chi connectivity index (χ4v) is 6.66. The number of benzene rings is 3. The Bertz CT molecular complexity index is 1470. The highest BCUT2D eigenvalue weighted by Crippen LogP contribution is 2.49. The standard InChI is InChI=1S/C34H39N3O4/c1-20(2)36(21(3)4)25-13-16-27(32(19-25)41-6)34-33-29(35-28-9-7-8-10-30(28)37(34)22(5)38)17-24(18-31(33)40)23-11-14-26(39)15-12-23/h7-16,19-21,24,33-34,39H,17-18H2,1-6H3. The first kappa shape index (κ1) is 28.4. The van der Waals surface area contributed by atoms with Crippen molar-refractivity contribution in [3.8, 4) is 11.5 Å². The molecule has 7 heteroatoms. The van der Waals surface area contributed by atoms with E-state index in [1.54, 1.807) is 31.1 Å². The second kappa shape index (κ2) is 11.4. The SMILES string of the molecule is COc1cc(N(C(C)C)C(C)C)ccc1C1C2C(=O)CC(c3ccc(O)cc3)CC2=Nc2ccccc2N1C(C)=O. The average Bonchev–Trinajstić information content (AvgIpc) is 3.07. The van der Waals surface area contributed by atoms with Crippen LogP contribution in [0.2, 0.25) is 0 Å². The van der Waals surface area contributed by atoms with Gasteiger partial charge in [0, 0.05) is 48.5 Å². The minimum absolute atomic E-state index is 0.0363. The molecule has 1 heterocycles. The molecule has 1 saturated carbocycles. The van der Waals surface area contributed by atoms with Gasteiger partial charge in [0.1, 0.15) is 17.3 Å². The number of Topliss-reactive ketones (excluding diaryl/α,β-unsaturated/α-hetero) is 1. The number of anilines is 2. The molecule has 3 aromatic carbocycles. The maximum atomic E-state index is 14.2. The molecule has 0 bridgehead atoms. The summed E-state index contributed by atoms with van der Waals surface area (Å²) in [5, 5.41) is 9.80. The minimum atomic E-state index is -0.620. The number of hydrogen-bond acceptors (Lipinski definition) is 6. The number of nitrogens with zero attached hydrogens (tertiary/aromatic N) is 3. The summed E-state index contributed by atoms with van der Waals surface area (Å²) in [5.74, 6) is 0.0158. The van der Waals surface area contributed by atoms with Gasteiger partial charge in [0.2, 0.25) is 5.91 Å². The summed E-state index contributed by atoms with van der Waals surface area (Å²) in [7, 11) is 1.64. The Hall–Kier alpha value is -4.13. The molecule has 1 amide bonds. The summed E-state index contributed by atoms with van der Waals surface area (Å²) in [6, 6.07) is 20.7. The molecule has 41 heavy (non-hydrogen) atoms. The second-order valence-electron chi connectivity index (χ2n) is 11.6. The van der Waals surface area contributed by atoms with E-state index < -0.39 is 12.0 Å². The van der Waals surface area contributed by atoms with Gasteiger partial charge >= 0.3 is 0 Å². The molecule has 1 fully saturated rings. The molecule has 0 spiro atoms. The number of aliphatic imine (C=N–C) groups is 1. The van der Waals surface area contributed by atoms with Crippen LogP contribution in [-0.4, -0.2) is 41.7 Å². The molecule has 5 rings (SSSR count). The number of ether oxygens (including phenoxy) is 1. The van der Waals surface area contributed by atoms with Gasteiger partial charge in [0.25, 0.3) is 0 Å². The van der Waals surface area contributed by atoms with Crippen molar-refractivity contribution in [1.29, 1.82) is 0 Å². The van der Waals surface area contributed by atoms with Crippen molar-refractivity contribution >= 4 is 34.5 Å². The van der Waals surface area contributed by atoms with E-state index in [4.69, 9.17) is 9.73 Å². The monoisotopic (exact) mass is 553 g/mol. The maximum Gasteiger partial charge on any atom is 0.224 e. The first-order valence-corrected chi connectivity index (χ1v) is 14.3. The smallest absolute Gasteiger partial charge is 0.224 e. The molecule has 214 valence electrons. The van der Waals surface area contributed by atoms with E-state index >= 15 is 0 Å². The summed E-state index contributed by atoms with van der Waals surface area (Å²) in [6.45, 7) is 10.2. The van der Waals surface area contributed by atoms with Crippen molar-refractivity contribution in [3.05, 3.63) is 77.9 Å². The van der Waals surface area contributed by atoms with Crippen LogP contribution in [-0.2, 0) is 9.59 Å². The Balaban J connectivity index is 1.68. The molecular formula is C34H39N3O4.